The van der Waals surface area contributed by atoms with Crippen LogP contribution in [-0.2, 0) is 11.8 Å². The first-order chi connectivity index (χ1) is 11.7. The molecule has 0 radical (unpaired) electrons. The summed E-state index contributed by atoms with van der Waals surface area (Å²) in [4.78, 5) is 4.44. The number of guanidine groups is 1. The summed E-state index contributed by atoms with van der Waals surface area (Å²) in [5.41, 5.74) is 1.73. The number of hydrogen-bond acceptors (Lipinski definition) is 5. The zero-order chi connectivity index (χ0) is 16.6. The van der Waals surface area contributed by atoms with Gasteiger partial charge >= 0.3 is 0 Å². The number of benzene rings is 1. The molecule has 1 fully saturated rings. The molecule has 3 aliphatic rings. The highest BCUT2D eigenvalue weighted by molar-refractivity contribution is 5.81. The number of aliphatic hydroxyl groups is 1. The molecule has 5 nitrogen and oxygen atoms in total. The Morgan fingerprint density at radius 1 is 1.29 bits per heavy atom. The third-order valence-corrected chi connectivity index (χ3v) is 6.12. The summed E-state index contributed by atoms with van der Waals surface area (Å²) in [6.45, 7) is 2.45. The van der Waals surface area contributed by atoms with Crippen LogP contribution >= 0.6 is 0 Å². The van der Waals surface area contributed by atoms with Gasteiger partial charge in [0.2, 0.25) is 0 Å². The normalized spacial score (nSPS) is 27.5. The van der Waals surface area contributed by atoms with E-state index in [1.54, 1.807) is 7.11 Å². The van der Waals surface area contributed by atoms with E-state index in [0.717, 1.165) is 63.4 Å². The summed E-state index contributed by atoms with van der Waals surface area (Å²) in [6.07, 6.45) is 6.14. The molecule has 5 heteroatoms. The molecule has 4 rings (SSSR count). The fraction of sp³-hybridized carbons (Fsp3) is 0.632. The highest BCUT2D eigenvalue weighted by Gasteiger charge is 2.57. The molecule has 1 atom stereocenters. The largest absolute Gasteiger partial charge is 0.497 e. The van der Waals surface area contributed by atoms with Gasteiger partial charge in [0, 0.05) is 18.5 Å². The van der Waals surface area contributed by atoms with Crippen LogP contribution in [0.25, 0.3) is 0 Å². The summed E-state index contributed by atoms with van der Waals surface area (Å²) in [5, 5.41) is 18.3. The molecule has 0 aromatic heterocycles. The number of aliphatic imine (C=N–C) groups is 1. The Morgan fingerprint density at radius 3 is 2.79 bits per heavy atom. The van der Waals surface area contributed by atoms with E-state index in [9.17, 15) is 5.11 Å². The monoisotopic (exact) mass is 329 g/mol. The standard InChI is InChI=1S/C19H27N3O2/c1-24-15-5-6-16-14(11-15)12-18(16,13-22-17-20-9-10-21-17)19(23)7-3-2-4-8-19/h5-6,11,23H,2-4,7-10,12-13H2,1H3,(H2,20,21,22). The van der Waals surface area contributed by atoms with Gasteiger partial charge in [-0.1, -0.05) is 25.3 Å². The van der Waals surface area contributed by atoms with E-state index in [0.29, 0.717) is 0 Å². The van der Waals surface area contributed by atoms with Crippen molar-refractivity contribution >= 4 is 5.96 Å². The molecule has 130 valence electrons. The molecule has 0 bridgehead atoms. The van der Waals surface area contributed by atoms with Crippen molar-refractivity contribution in [2.45, 2.75) is 49.5 Å². The van der Waals surface area contributed by atoms with Gasteiger partial charge in [-0.3, -0.25) is 4.99 Å². The maximum absolute atomic E-state index is 11.6. The molecule has 1 unspecified atom stereocenters. The summed E-state index contributed by atoms with van der Waals surface area (Å²) in [5.74, 6) is 1.77. The lowest BCUT2D eigenvalue weighted by Crippen LogP contribution is -2.64. The Kier molecular flexibility index (Phi) is 3.91. The van der Waals surface area contributed by atoms with Crippen molar-refractivity contribution in [3.05, 3.63) is 29.3 Å². The highest BCUT2D eigenvalue weighted by Crippen LogP contribution is 2.53. The molecule has 3 N–H and O–H groups in total. The van der Waals surface area contributed by atoms with E-state index in [1.165, 1.54) is 17.5 Å². The lowest BCUT2D eigenvalue weighted by molar-refractivity contribution is -0.0773. The van der Waals surface area contributed by atoms with Gasteiger partial charge < -0.3 is 20.5 Å². The van der Waals surface area contributed by atoms with Crippen molar-refractivity contribution < 1.29 is 9.84 Å². The Bertz CT molecular complexity index is 652. The zero-order valence-corrected chi connectivity index (χ0v) is 14.4. The van der Waals surface area contributed by atoms with E-state index in [2.05, 4.69) is 27.8 Å². The van der Waals surface area contributed by atoms with Crippen molar-refractivity contribution in [3.63, 3.8) is 0 Å². The molecule has 1 heterocycles. The van der Waals surface area contributed by atoms with E-state index in [4.69, 9.17) is 4.74 Å². The van der Waals surface area contributed by atoms with Crippen LogP contribution in [0.15, 0.2) is 23.2 Å². The Labute approximate surface area is 143 Å². The number of nitrogens with one attached hydrogen (secondary N) is 2. The maximum Gasteiger partial charge on any atom is 0.191 e. The fourth-order valence-corrected chi connectivity index (χ4v) is 4.73. The van der Waals surface area contributed by atoms with Crippen molar-refractivity contribution in [1.29, 1.82) is 0 Å². The molecule has 0 saturated heterocycles. The Hall–Kier alpha value is -1.75. The Balaban J connectivity index is 1.65. The minimum absolute atomic E-state index is 0.220. The van der Waals surface area contributed by atoms with Crippen molar-refractivity contribution in [3.8, 4) is 5.75 Å². The van der Waals surface area contributed by atoms with E-state index in [-0.39, 0.29) is 5.41 Å². The molecule has 1 aliphatic heterocycles. The van der Waals surface area contributed by atoms with Gasteiger partial charge in [0.05, 0.1) is 19.3 Å². The number of fused-ring (bicyclic) bond motifs is 1. The smallest absolute Gasteiger partial charge is 0.191 e. The summed E-state index contributed by atoms with van der Waals surface area (Å²) in [7, 11) is 1.70. The molecule has 2 aliphatic carbocycles. The zero-order valence-electron chi connectivity index (χ0n) is 14.4. The number of hydrogen-bond donors (Lipinski definition) is 3. The average molecular weight is 329 g/mol. The Morgan fingerprint density at radius 2 is 2.12 bits per heavy atom. The van der Waals surface area contributed by atoms with Gasteiger partial charge in [-0.25, -0.2) is 0 Å². The van der Waals surface area contributed by atoms with E-state index in [1.807, 2.05) is 6.07 Å². The minimum atomic E-state index is -0.626. The first kappa shape index (κ1) is 15.8. The van der Waals surface area contributed by atoms with Crippen LogP contribution < -0.4 is 15.4 Å². The van der Waals surface area contributed by atoms with Crippen molar-refractivity contribution in [1.82, 2.24) is 10.6 Å². The summed E-state index contributed by atoms with van der Waals surface area (Å²) in [6, 6.07) is 6.28. The minimum Gasteiger partial charge on any atom is -0.497 e. The number of methoxy groups -OCH3 is 1. The fourth-order valence-electron chi connectivity index (χ4n) is 4.73. The molecule has 24 heavy (non-hydrogen) atoms. The van der Waals surface area contributed by atoms with Crippen molar-refractivity contribution in [2.75, 3.05) is 26.7 Å². The van der Waals surface area contributed by atoms with Gasteiger partial charge in [0.15, 0.2) is 5.96 Å². The lowest BCUT2D eigenvalue weighted by Gasteiger charge is -2.56. The summed E-state index contributed by atoms with van der Waals surface area (Å²) >= 11 is 0. The molecule has 1 saturated carbocycles. The van der Waals surface area contributed by atoms with Crippen LogP contribution in [-0.4, -0.2) is 43.4 Å². The van der Waals surface area contributed by atoms with Gasteiger partial charge in [-0.2, -0.15) is 0 Å². The second-order valence-electron chi connectivity index (χ2n) is 7.38. The second kappa shape index (κ2) is 5.96. The lowest BCUT2D eigenvalue weighted by atomic mass is 9.52. The van der Waals surface area contributed by atoms with Crippen LogP contribution in [0.4, 0.5) is 0 Å². The van der Waals surface area contributed by atoms with Crippen LogP contribution in [0.1, 0.15) is 43.2 Å². The SMILES string of the molecule is COc1ccc2c(c1)CC2(CNC1=NCCN1)C1(O)CCCCC1. The first-order valence-electron chi connectivity index (χ1n) is 9.09. The molecular weight excluding hydrogens is 302 g/mol. The number of ether oxygens (including phenoxy) is 1. The van der Waals surface area contributed by atoms with Crippen LogP contribution in [0.3, 0.4) is 0 Å². The molecule has 1 aromatic carbocycles. The van der Waals surface area contributed by atoms with E-state index >= 15 is 0 Å². The molecule has 0 amide bonds. The topological polar surface area (TPSA) is 65.9 Å². The predicted octanol–water partition coefficient (Wildman–Crippen LogP) is 1.73. The van der Waals surface area contributed by atoms with E-state index < -0.39 is 5.60 Å². The van der Waals surface area contributed by atoms with Gasteiger partial charge in [0.1, 0.15) is 5.75 Å². The summed E-state index contributed by atoms with van der Waals surface area (Å²) < 4.78 is 5.36. The van der Waals surface area contributed by atoms with Crippen LogP contribution in [0.5, 0.6) is 5.75 Å². The first-order valence-corrected chi connectivity index (χ1v) is 9.09. The molecular formula is C19H27N3O2. The number of nitrogens with zero attached hydrogens (tertiary/aromatic N) is 1. The van der Waals surface area contributed by atoms with Gasteiger partial charge in [-0.05, 0) is 42.5 Å². The molecule has 1 aromatic rings. The van der Waals surface area contributed by atoms with Gasteiger partial charge in [-0.15, -0.1) is 0 Å². The van der Waals surface area contributed by atoms with Crippen molar-refractivity contribution in [2.24, 2.45) is 4.99 Å². The maximum atomic E-state index is 11.6. The third kappa shape index (κ3) is 2.37. The predicted molar refractivity (Wildman–Crippen MR) is 94.7 cm³/mol. The average Bonchev–Trinajstić information content (AvgIpc) is 3.09. The van der Waals surface area contributed by atoms with Gasteiger partial charge in [0.25, 0.3) is 0 Å². The number of rotatable bonds is 4. The molecule has 0 spiro atoms. The van der Waals surface area contributed by atoms with Crippen LogP contribution in [0.2, 0.25) is 0 Å². The highest BCUT2D eigenvalue weighted by atomic mass is 16.5. The third-order valence-electron chi connectivity index (χ3n) is 6.12. The van der Waals surface area contributed by atoms with Crippen LogP contribution in [0, 0.1) is 0 Å². The second-order valence-corrected chi connectivity index (χ2v) is 7.38. The quantitative estimate of drug-likeness (QED) is 0.787.